The van der Waals surface area contributed by atoms with Crippen LogP contribution in [0.25, 0.3) is 10.9 Å². The van der Waals surface area contributed by atoms with Crippen LogP contribution in [-0.4, -0.2) is 23.5 Å². The van der Waals surface area contributed by atoms with Crippen LogP contribution in [0.15, 0.2) is 64.0 Å². The molecular weight excluding hydrogens is 370 g/mol. The number of fused-ring (bicyclic) bond motifs is 1. The molecule has 0 aliphatic rings. The maximum absolute atomic E-state index is 12.9. The highest BCUT2D eigenvalue weighted by Gasteiger charge is 2.29. The van der Waals surface area contributed by atoms with E-state index in [1.54, 1.807) is 42.5 Å². The van der Waals surface area contributed by atoms with Crippen LogP contribution in [0.1, 0.15) is 10.5 Å². The summed E-state index contributed by atoms with van der Waals surface area (Å²) in [6.45, 7) is 0. The van der Waals surface area contributed by atoms with Gasteiger partial charge in [0.15, 0.2) is 5.69 Å². The number of benzene rings is 2. The molecule has 112 valence electrons. The molecule has 1 heterocycles. The zero-order valence-corrected chi connectivity index (χ0v) is 13.5. The van der Waals surface area contributed by atoms with E-state index in [1.165, 1.54) is 12.1 Å². The van der Waals surface area contributed by atoms with Crippen molar-refractivity contribution < 1.29 is 18.3 Å². The van der Waals surface area contributed by atoms with Gasteiger partial charge >= 0.3 is 5.97 Å². The molecule has 1 aromatic heterocycles. The minimum absolute atomic E-state index is 0.0331. The number of halogens is 1. The van der Waals surface area contributed by atoms with Crippen LogP contribution in [0.3, 0.4) is 0 Å². The molecule has 2 aromatic carbocycles. The third-order valence-electron chi connectivity index (χ3n) is 3.25. The molecule has 0 fully saturated rings. The number of carboxylic acid groups (broad SMARTS) is 1. The number of hydrogen-bond donors (Lipinski definition) is 1. The first-order valence-electron chi connectivity index (χ1n) is 6.27. The van der Waals surface area contributed by atoms with E-state index in [0.717, 1.165) is 3.97 Å². The number of para-hydroxylation sites is 1. The van der Waals surface area contributed by atoms with Gasteiger partial charge in [-0.05, 0) is 34.1 Å². The lowest BCUT2D eigenvalue weighted by Crippen LogP contribution is -2.18. The minimum Gasteiger partial charge on any atom is -0.477 e. The van der Waals surface area contributed by atoms with Crippen molar-refractivity contribution in [3.63, 3.8) is 0 Å². The molecule has 0 atom stereocenters. The SMILES string of the molecule is O=C(O)c1c(Br)c2ccccc2n1S(=O)(=O)c1ccccc1. The lowest BCUT2D eigenvalue weighted by molar-refractivity contribution is 0.0688. The molecule has 1 N–H and O–H groups in total. The van der Waals surface area contributed by atoms with Crippen LogP contribution >= 0.6 is 15.9 Å². The molecule has 3 rings (SSSR count). The second-order valence-electron chi connectivity index (χ2n) is 4.57. The van der Waals surface area contributed by atoms with Gasteiger partial charge in [-0.25, -0.2) is 17.2 Å². The Morgan fingerprint density at radius 1 is 1.00 bits per heavy atom. The monoisotopic (exact) mass is 379 g/mol. The second-order valence-corrected chi connectivity index (χ2v) is 7.15. The summed E-state index contributed by atoms with van der Waals surface area (Å²) >= 11 is 3.20. The van der Waals surface area contributed by atoms with Crippen molar-refractivity contribution in [3.8, 4) is 0 Å². The summed E-state index contributed by atoms with van der Waals surface area (Å²) in [5.41, 5.74) is 0.000631. The number of aromatic nitrogens is 1. The van der Waals surface area contributed by atoms with E-state index >= 15 is 0 Å². The van der Waals surface area contributed by atoms with Crippen LogP contribution in [0, 0.1) is 0 Å². The fourth-order valence-corrected chi connectivity index (χ4v) is 4.64. The number of aromatic carboxylic acids is 1. The largest absolute Gasteiger partial charge is 0.477 e. The van der Waals surface area contributed by atoms with Gasteiger partial charge in [0.25, 0.3) is 10.0 Å². The molecular formula is C15H10BrNO4S. The first-order valence-corrected chi connectivity index (χ1v) is 8.51. The van der Waals surface area contributed by atoms with E-state index in [9.17, 15) is 18.3 Å². The Labute approximate surface area is 135 Å². The number of nitrogens with zero attached hydrogens (tertiary/aromatic N) is 1. The predicted molar refractivity (Wildman–Crippen MR) is 85.6 cm³/mol. The number of carboxylic acids is 1. The Hall–Kier alpha value is -2.12. The van der Waals surface area contributed by atoms with Crippen LogP contribution in [0.2, 0.25) is 0 Å². The van der Waals surface area contributed by atoms with Gasteiger partial charge in [-0.3, -0.25) is 0 Å². The molecule has 22 heavy (non-hydrogen) atoms. The molecule has 0 unspecified atom stereocenters. The Morgan fingerprint density at radius 3 is 2.23 bits per heavy atom. The molecule has 0 bridgehead atoms. The molecule has 0 radical (unpaired) electrons. The highest BCUT2D eigenvalue weighted by atomic mass is 79.9. The molecule has 0 saturated carbocycles. The van der Waals surface area contributed by atoms with E-state index in [0.29, 0.717) is 10.9 Å². The van der Waals surface area contributed by atoms with Crippen molar-refractivity contribution in [2.45, 2.75) is 4.90 Å². The first kappa shape index (κ1) is 14.8. The van der Waals surface area contributed by atoms with Gasteiger partial charge in [0, 0.05) is 5.39 Å². The highest BCUT2D eigenvalue weighted by molar-refractivity contribution is 9.10. The average Bonchev–Trinajstić information content (AvgIpc) is 2.82. The Kier molecular flexibility index (Phi) is 3.54. The lowest BCUT2D eigenvalue weighted by atomic mass is 10.2. The van der Waals surface area contributed by atoms with Gasteiger partial charge in [-0.2, -0.15) is 0 Å². The molecule has 5 nitrogen and oxygen atoms in total. The van der Waals surface area contributed by atoms with Gasteiger partial charge < -0.3 is 5.11 Å². The standard InChI is InChI=1S/C15H10BrNO4S/c16-13-11-8-4-5-9-12(11)17(14(13)15(18)19)22(20,21)10-6-2-1-3-7-10/h1-9H,(H,18,19). The van der Waals surface area contributed by atoms with E-state index in [1.807, 2.05) is 0 Å². The first-order chi connectivity index (χ1) is 10.4. The van der Waals surface area contributed by atoms with Crippen LogP contribution in [0.4, 0.5) is 0 Å². The number of hydrogen-bond acceptors (Lipinski definition) is 3. The molecule has 3 aromatic rings. The summed E-state index contributed by atoms with van der Waals surface area (Å²) in [5, 5.41) is 9.97. The maximum atomic E-state index is 12.9. The molecule has 0 spiro atoms. The predicted octanol–water partition coefficient (Wildman–Crippen LogP) is 3.34. The van der Waals surface area contributed by atoms with Gasteiger partial charge in [0.1, 0.15) is 0 Å². The van der Waals surface area contributed by atoms with Crippen molar-refractivity contribution in [1.82, 2.24) is 3.97 Å². The smallest absolute Gasteiger partial charge is 0.354 e. The summed E-state index contributed by atoms with van der Waals surface area (Å²) in [6, 6.07) is 14.4. The van der Waals surface area contributed by atoms with E-state index in [4.69, 9.17) is 0 Å². The molecule has 0 saturated heterocycles. The van der Waals surface area contributed by atoms with Gasteiger partial charge in [0.05, 0.1) is 14.9 Å². The van der Waals surface area contributed by atoms with Gasteiger partial charge in [0.2, 0.25) is 0 Å². The Bertz CT molecular complexity index is 977. The van der Waals surface area contributed by atoms with Crippen molar-refractivity contribution in [3.05, 3.63) is 64.8 Å². The highest BCUT2D eigenvalue weighted by Crippen LogP contribution is 2.34. The van der Waals surface area contributed by atoms with Crippen LogP contribution < -0.4 is 0 Å². The summed E-state index contributed by atoms with van der Waals surface area (Å²) < 4.78 is 26.8. The second kappa shape index (κ2) is 5.26. The van der Waals surface area contributed by atoms with Crippen molar-refractivity contribution >= 4 is 42.8 Å². The fraction of sp³-hybridized carbons (Fsp3) is 0. The molecule has 7 heteroatoms. The molecule has 0 amide bonds. The van der Waals surface area contributed by atoms with Gasteiger partial charge in [-0.1, -0.05) is 36.4 Å². The maximum Gasteiger partial charge on any atom is 0.354 e. The van der Waals surface area contributed by atoms with Gasteiger partial charge in [-0.15, -0.1) is 0 Å². The minimum atomic E-state index is -4.01. The zero-order chi connectivity index (χ0) is 15.9. The third-order valence-corrected chi connectivity index (χ3v) is 5.78. The van der Waals surface area contributed by atoms with Crippen LogP contribution in [-0.2, 0) is 10.0 Å². The van der Waals surface area contributed by atoms with E-state index < -0.39 is 16.0 Å². The molecule has 0 aliphatic carbocycles. The van der Waals surface area contributed by atoms with Crippen molar-refractivity contribution in [2.24, 2.45) is 0 Å². The number of carbonyl (C=O) groups is 1. The van der Waals surface area contributed by atoms with E-state index in [2.05, 4.69) is 15.9 Å². The summed E-state index contributed by atoms with van der Waals surface area (Å²) in [5.74, 6) is -1.32. The summed E-state index contributed by atoms with van der Waals surface area (Å²) in [7, 11) is -4.01. The van der Waals surface area contributed by atoms with E-state index in [-0.39, 0.29) is 15.1 Å². The quantitative estimate of drug-likeness (QED) is 0.756. The fourth-order valence-electron chi connectivity index (χ4n) is 2.30. The summed E-state index contributed by atoms with van der Waals surface area (Å²) in [4.78, 5) is 11.6. The van der Waals surface area contributed by atoms with Crippen molar-refractivity contribution in [2.75, 3.05) is 0 Å². The number of rotatable bonds is 3. The lowest BCUT2D eigenvalue weighted by Gasteiger charge is -2.09. The summed E-state index contributed by atoms with van der Waals surface area (Å²) in [6.07, 6.45) is 0. The van der Waals surface area contributed by atoms with Crippen LogP contribution in [0.5, 0.6) is 0 Å². The third kappa shape index (κ3) is 2.13. The average molecular weight is 380 g/mol. The Balaban J connectivity index is 2.45. The molecule has 0 aliphatic heterocycles. The van der Waals surface area contributed by atoms with Crippen molar-refractivity contribution in [1.29, 1.82) is 0 Å². The normalized spacial score (nSPS) is 11.7. The Morgan fingerprint density at radius 2 is 1.59 bits per heavy atom. The topological polar surface area (TPSA) is 76.4 Å². The zero-order valence-electron chi connectivity index (χ0n) is 11.1.